The van der Waals surface area contributed by atoms with Crippen molar-refractivity contribution >= 4 is 27.3 Å². The molecule has 1 fully saturated rings. The van der Waals surface area contributed by atoms with Crippen molar-refractivity contribution in [3.05, 3.63) is 32.3 Å². The van der Waals surface area contributed by atoms with Gasteiger partial charge in [-0.2, -0.15) is 0 Å². The summed E-state index contributed by atoms with van der Waals surface area (Å²) in [5.74, 6) is 0.437. The van der Waals surface area contributed by atoms with Gasteiger partial charge >= 0.3 is 0 Å². The summed E-state index contributed by atoms with van der Waals surface area (Å²) in [7, 11) is 0. The van der Waals surface area contributed by atoms with Crippen LogP contribution in [0.25, 0.3) is 0 Å². The fraction of sp³-hybridized carbons (Fsp3) is 0.500. The first-order valence-corrected chi connectivity index (χ1v) is 6.64. The molecule has 0 amide bonds. The van der Waals surface area contributed by atoms with Gasteiger partial charge in [-0.15, -0.1) is 0 Å². The molecule has 1 aliphatic heterocycles. The van der Waals surface area contributed by atoms with Crippen molar-refractivity contribution in [1.82, 2.24) is 0 Å². The van der Waals surface area contributed by atoms with Crippen LogP contribution in [-0.4, -0.2) is 24.1 Å². The molecule has 18 heavy (non-hydrogen) atoms. The van der Waals surface area contributed by atoms with Gasteiger partial charge in [-0.05, 0) is 34.8 Å². The van der Waals surface area contributed by atoms with Gasteiger partial charge in [0, 0.05) is 35.2 Å². The Morgan fingerprint density at radius 3 is 2.67 bits per heavy atom. The average molecular weight is 314 g/mol. The summed E-state index contributed by atoms with van der Waals surface area (Å²) in [4.78, 5) is 12.7. The summed E-state index contributed by atoms with van der Waals surface area (Å²) in [6.07, 6.45) is 0. The summed E-state index contributed by atoms with van der Waals surface area (Å²) in [6.45, 7) is 5.55. The normalized spacial score (nSPS) is 23.4. The molecule has 0 aromatic heterocycles. The van der Waals surface area contributed by atoms with Crippen molar-refractivity contribution in [3.8, 4) is 0 Å². The molecule has 2 atom stereocenters. The van der Waals surface area contributed by atoms with Crippen LogP contribution in [0.15, 0.2) is 16.6 Å². The number of rotatable bonds is 2. The van der Waals surface area contributed by atoms with Crippen LogP contribution in [0.5, 0.6) is 0 Å². The minimum absolute atomic E-state index is 0.141. The SMILES string of the molecule is Cc1cc(N2CC(C)C(N)C2)c(Br)cc1[N+](=O)[O-]. The van der Waals surface area contributed by atoms with E-state index in [1.807, 2.05) is 6.07 Å². The largest absolute Gasteiger partial charge is 0.369 e. The van der Waals surface area contributed by atoms with E-state index in [4.69, 9.17) is 5.73 Å². The standard InChI is InChI=1S/C12H16BrN3O2/c1-7-3-12(9(13)4-11(7)16(17)18)15-5-8(2)10(14)6-15/h3-4,8,10H,5-6,14H2,1-2H3. The van der Waals surface area contributed by atoms with E-state index in [9.17, 15) is 10.1 Å². The molecular weight excluding hydrogens is 298 g/mol. The Kier molecular flexibility index (Phi) is 3.59. The quantitative estimate of drug-likeness (QED) is 0.672. The smallest absolute Gasteiger partial charge is 0.273 e. The number of nitro benzene ring substituents is 1. The molecular formula is C12H16BrN3O2. The minimum Gasteiger partial charge on any atom is -0.369 e. The number of nitrogens with two attached hydrogens (primary N) is 1. The molecule has 6 heteroatoms. The van der Waals surface area contributed by atoms with Crippen molar-refractivity contribution in [2.24, 2.45) is 11.7 Å². The van der Waals surface area contributed by atoms with E-state index in [1.54, 1.807) is 13.0 Å². The van der Waals surface area contributed by atoms with E-state index < -0.39 is 0 Å². The Labute approximate surface area is 114 Å². The van der Waals surface area contributed by atoms with Gasteiger partial charge in [0.05, 0.1) is 10.6 Å². The van der Waals surface area contributed by atoms with Gasteiger partial charge in [-0.3, -0.25) is 10.1 Å². The number of nitro groups is 1. The number of hydrogen-bond donors (Lipinski definition) is 1. The first-order chi connectivity index (χ1) is 8.40. The van der Waals surface area contributed by atoms with Crippen molar-refractivity contribution < 1.29 is 4.92 Å². The van der Waals surface area contributed by atoms with E-state index in [-0.39, 0.29) is 16.7 Å². The highest BCUT2D eigenvalue weighted by Crippen LogP contribution is 2.35. The third-order valence-electron chi connectivity index (χ3n) is 3.47. The number of halogens is 1. The molecule has 5 nitrogen and oxygen atoms in total. The van der Waals surface area contributed by atoms with E-state index >= 15 is 0 Å². The van der Waals surface area contributed by atoms with E-state index in [1.165, 1.54) is 0 Å². The zero-order valence-corrected chi connectivity index (χ0v) is 12.0. The highest BCUT2D eigenvalue weighted by Gasteiger charge is 2.28. The molecule has 0 bridgehead atoms. The molecule has 1 saturated heterocycles. The third kappa shape index (κ3) is 2.35. The van der Waals surface area contributed by atoms with Crippen LogP contribution in [0, 0.1) is 23.0 Å². The van der Waals surface area contributed by atoms with Crippen molar-refractivity contribution in [3.63, 3.8) is 0 Å². The van der Waals surface area contributed by atoms with Crippen molar-refractivity contribution in [2.75, 3.05) is 18.0 Å². The highest BCUT2D eigenvalue weighted by molar-refractivity contribution is 9.10. The van der Waals surface area contributed by atoms with Gasteiger partial charge in [0.2, 0.25) is 0 Å². The maximum Gasteiger partial charge on any atom is 0.273 e. The Hall–Kier alpha value is -1.14. The zero-order valence-electron chi connectivity index (χ0n) is 10.4. The molecule has 0 saturated carbocycles. The molecule has 1 aromatic carbocycles. The molecule has 0 aliphatic carbocycles. The lowest BCUT2D eigenvalue weighted by molar-refractivity contribution is -0.385. The van der Waals surface area contributed by atoms with Gasteiger partial charge in [-0.1, -0.05) is 6.92 Å². The van der Waals surface area contributed by atoms with E-state index in [2.05, 4.69) is 27.8 Å². The van der Waals surface area contributed by atoms with E-state index in [0.29, 0.717) is 11.5 Å². The van der Waals surface area contributed by atoms with Crippen LogP contribution in [0.4, 0.5) is 11.4 Å². The van der Waals surface area contributed by atoms with Crippen LogP contribution in [0.3, 0.4) is 0 Å². The first-order valence-electron chi connectivity index (χ1n) is 5.85. The second-order valence-corrected chi connectivity index (χ2v) is 5.75. The maximum atomic E-state index is 10.9. The van der Waals surface area contributed by atoms with Crippen molar-refractivity contribution in [2.45, 2.75) is 19.9 Å². The lowest BCUT2D eigenvalue weighted by atomic mass is 10.1. The van der Waals surface area contributed by atoms with Gasteiger partial charge in [0.15, 0.2) is 0 Å². The summed E-state index contributed by atoms with van der Waals surface area (Å²) in [5, 5.41) is 10.9. The number of nitrogens with zero attached hydrogens (tertiary/aromatic N) is 2. The first kappa shape index (κ1) is 13.3. The number of benzene rings is 1. The molecule has 1 aliphatic rings. The summed E-state index contributed by atoms with van der Waals surface area (Å²) in [6, 6.07) is 3.58. The number of aryl methyl sites for hydroxylation is 1. The lowest BCUT2D eigenvalue weighted by Crippen LogP contribution is -2.28. The topological polar surface area (TPSA) is 72.4 Å². The second kappa shape index (κ2) is 4.85. The Bertz CT molecular complexity index is 482. The summed E-state index contributed by atoms with van der Waals surface area (Å²) < 4.78 is 0.751. The average Bonchev–Trinajstić information content (AvgIpc) is 2.61. The van der Waals surface area contributed by atoms with Gasteiger partial charge in [-0.25, -0.2) is 0 Å². The Balaban J connectivity index is 2.36. The Morgan fingerprint density at radius 2 is 2.17 bits per heavy atom. The molecule has 2 N–H and O–H groups in total. The predicted octanol–water partition coefficient (Wildman–Crippen LogP) is 2.45. The number of hydrogen-bond acceptors (Lipinski definition) is 4. The predicted molar refractivity (Wildman–Crippen MR) is 74.9 cm³/mol. The summed E-state index contributed by atoms with van der Waals surface area (Å²) >= 11 is 3.41. The number of anilines is 1. The van der Waals surface area contributed by atoms with Crippen LogP contribution in [0.1, 0.15) is 12.5 Å². The van der Waals surface area contributed by atoms with E-state index in [0.717, 1.165) is 23.2 Å². The molecule has 1 aromatic rings. The van der Waals surface area contributed by atoms with Crippen LogP contribution in [-0.2, 0) is 0 Å². The monoisotopic (exact) mass is 313 g/mol. The molecule has 0 spiro atoms. The molecule has 98 valence electrons. The van der Waals surface area contributed by atoms with Crippen LogP contribution >= 0.6 is 15.9 Å². The maximum absolute atomic E-state index is 10.9. The Morgan fingerprint density at radius 1 is 1.50 bits per heavy atom. The molecule has 0 radical (unpaired) electrons. The van der Waals surface area contributed by atoms with Gasteiger partial charge in [0.1, 0.15) is 0 Å². The minimum atomic E-state index is -0.359. The van der Waals surface area contributed by atoms with Crippen LogP contribution < -0.4 is 10.6 Å². The van der Waals surface area contributed by atoms with Crippen molar-refractivity contribution in [1.29, 1.82) is 0 Å². The van der Waals surface area contributed by atoms with Crippen LogP contribution in [0.2, 0.25) is 0 Å². The fourth-order valence-corrected chi connectivity index (χ4v) is 2.87. The molecule has 2 rings (SSSR count). The fourth-order valence-electron chi connectivity index (χ4n) is 2.28. The molecule has 1 heterocycles. The summed E-state index contributed by atoms with van der Waals surface area (Å²) in [5.41, 5.74) is 7.80. The second-order valence-electron chi connectivity index (χ2n) is 4.89. The molecule has 2 unspecified atom stereocenters. The van der Waals surface area contributed by atoms with Gasteiger partial charge in [0.25, 0.3) is 5.69 Å². The highest BCUT2D eigenvalue weighted by atomic mass is 79.9. The lowest BCUT2D eigenvalue weighted by Gasteiger charge is -2.20. The van der Waals surface area contributed by atoms with Gasteiger partial charge < -0.3 is 10.6 Å². The zero-order chi connectivity index (χ0) is 13.4. The third-order valence-corrected chi connectivity index (χ3v) is 4.11.